The number of rotatable bonds is 6. The smallest absolute Gasteiger partial charge is 0.342 e. The van der Waals surface area contributed by atoms with E-state index in [1.807, 2.05) is 0 Å². The summed E-state index contributed by atoms with van der Waals surface area (Å²) in [6, 6.07) is 5.11. The normalized spacial score (nSPS) is 20.1. The first-order valence-electron chi connectivity index (χ1n) is 8.22. The van der Waals surface area contributed by atoms with E-state index in [0.29, 0.717) is 11.5 Å². The van der Waals surface area contributed by atoms with Gasteiger partial charge in [-0.15, -0.1) is 0 Å². The fourth-order valence-electron chi connectivity index (χ4n) is 2.93. The Morgan fingerprint density at radius 1 is 1.12 bits per heavy atom. The lowest BCUT2D eigenvalue weighted by Crippen LogP contribution is -2.39. The Bertz CT molecular complexity index is 579. The van der Waals surface area contributed by atoms with Gasteiger partial charge in [0.15, 0.2) is 18.1 Å². The molecule has 0 aliphatic heterocycles. The van der Waals surface area contributed by atoms with Gasteiger partial charge in [-0.05, 0) is 43.7 Å². The van der Waals surface area contributed by atoms with Crippen LogP contribution in [0.2, 0.25) is 0 Å². The largest absolute Gasteiger partial charge is 0.493 e. The van der Waals surface area contributed by atoms with Crippen molar-refractivity contribution < 1.29 is 23.8 Å². The number of ether oxygens (including phenoxy) is 3. The zero-order valence-electron chi connectivity index (χ0n) is 14.5. The highest BCUT2D eigenvalue weighted by Gasteiger charge is 2.22. The minimum Gasteiger partial charge on any atom is -0.493 e. The van der Waals surface area contributed by atoms with Crippen molar-refractivity contribution in [2.24, 2.45) is 5.92 Å². The van der Waals surface area contributed by atoms with Crippen LogP contribution in [0.15, 0.2) is 18.2 Å². The van der Waals surface area contributed by atoms with Crippen molar-refractivity contribution >= 4 is 11.9 Å². The molecule has 6 heteroatoms. The molecule has 1 aromatic carbocycles. The molecule has 0 radical (unpaired) electrons. The molecule has 0 saturated heterocycles. The summed E-state index contributed by atoms with van der Waals surface area (Å²) >= 11 is 0. The summed E-state index contributed by atoms with van der Waals surface area (Å²) in [6.45, 7) is 1.92. The number of esters is 1. The molecule has 0 heterocycles. The van der Waals surface area contributed by atoms with Crippen molar-refractivity contribution in [1.82, 2.24) is 5.32 Å². The van der Waals surface area contributed by atoms with Gasteiger partial charge in [0.2, 0.25) is 0 Å². The molecule has 1 aliphatic rings. The van der Waals surface area contributed by atoms with E-state index in [0.717, 1.165) is 31.6 Å². The van der Waals surface area contributed by atoms with Gasteiger partial charge in [0.1, 0.15) is 5.56 Å². The summed E-state index contributed by atoms with van der Waals surface area (Å²) in [6.07, 6.45) is 4.19. The maximum atomic E-state index is 12.2. The predicted octanol–water partition coefficient (Wildman–Crippen LogP) is 2.56. The van der Waals surface area contributed by atoms with E-state index in [1.54, 1.807) is 18.2 Å². The molecular formula is C18H25NO5. The number of methoxy groups -OCH3 is 2. The first-order valence-corrected chi connectivity index (χ1v) is 8.22. The maximum absolute atomic E-state index is 12.2. The van der Waals surface area contributed by atoms with Crippen LogP contribution in [-0.2, 0) is 9.53 Å². The van der Waals surface area contributed by atoms with Gasteiger partial charge in [-0.3, -0.25) is 4.79 Å². The molecule has 1 fully saturated rings. The fourth-order valence-corrected chi connectivity index (χ4v) is 2.93. The minimum absolute atomic E-state index is 0.179. The summed E-state index contributed by atoms with van der Waals surface area (Å²) in [5.41, 5.74) is 0.233. The van der Waals surface area contributed by atoms with Crippen LogP contribution < -0.4 is 14.8 Å². The Labute approximate surface area is 142 Å². The van der Waals surface area contributed by atoms with Crippen LogP contribution in [0.4, 0.5) is 0 Å². The average molecular weight is 335 g/mol. The second kappa shape index (κ2) is 8.57. The lowest BCUT2D eigenvalue weighted by atomic mass is 9.87. The maximum Gasteiger partial charge on any atom is 0.342 e. The van der Waals surface area contributed by atoms with E-state index in [4.69, 9.17) is 14.2 Å². The number of amides is 1. The summed E-state index contributed by atoms with van der Waals surface area (Å²) in [5.74, 6) is 0.568. The SMILES string of the molecule is COc1cccc(C(=O)OCC(=O)NC2CCC(C)CC2)c1OC. The van der Waals surface area contributed by atoms with Crippen molar-refractivity contribution in [2.45, 2.75) is 38.6 Å². The molecule has 1 amide bonds. The van der Waals surface area contributed by atoms with E-state index < -0.39 is 5.97 Å². The summed E-state index contributed by atoms with van der Waals surface area (Å²) in [7, 11) is 2.94. The highest BCUT2D eigenvalue weighted by Crippen LogP contribution is 2.31. The number of carbonyl (C=O) groups excluding carboxylic acids is 2. The Balaban J connectivity index is 1.88. The third-order valence-corrected chi connectivity index (χ3v) is 4.34. The van der Waals surface area contributed by atoms with Gasteiger partial charge in [0.25, 0.3) is 5.91 Å². The summed E-state index contributed by atoms with van der Waals surface area (Å²) in [4.78, 5) is 24.2. The van der Waals surface area contributed by atoms with Crippen LogP contribution in [0.25, 0.3) is 0 Å². The monoisotopic (exact) mass is 335 g/mol. The minimum atomic E-state index is -0.613. The lowest BCUT2D eigenvalue weighted by Gasteiger charge is -2.26. The molecule has 1 aliphatic carbocycles. The van der Waals surface area contributed by atoms with Gasteiger partial charge in [-0.2, -0.15) is 0 Å². The van der Waals surface area contributed by atoms with Crippen molar-refractivity contribution in [1.29, 1.82) is 0 Å². The van der Waals surface area contributed by atoms with Gasteiger partial charge >= 0.3 is 5.97 Å². The molecule has 6 nitrogen and oxygen atoms in total. The van der Waals surface area contributed by atoms with Crippen LogP contribution in [0.3, 0.4) is 0 Å². The average Bonchev–Trinajstić information content (AvgIpc) is 2.60. The van der Waals surface area contributed by atoms with Crippen LogP contribution >= 0.6 is 0 Å². The molecule has 0 spiro atoms. The molecule has 1 aromatic rings. The summed E-state index contributed by atoms with van der Waals surface area (Å²) in [5, 5.41) is 2.93. The van der Waals surface area contributed by atoms with Crippen molar-refractivity contribution in [2.75, 3.05) is 20.8 Å². The van der Waals surface area contributed by atoms with Gasteiger partial charge in [0.05, 0.1) is 14.2 Å². The number of para-hydroxylation sites is 1. The number of hydrogen-bond acceptors (Lipinski definition) is 5. The van der Waals surface area contributed by atoms with E-state index in [1.165, 1.54) is 14.2 Å². The molecule has 132 valence electrons. The number of benzene rings is 1. The molecule has 0 unspecified atom stereocenters. The summed E-state index contributed by atoms with van der Waals surface area (Å²) < 4.78 is 15.5. The van der Waals surface area contributed by atoms with Gasteiger partial charge in [-0.25, -0.2) is 4.79 Å². The highest BCUT2D eigenvalue weighted by atomic mass is 16.5. The van der Waals surface area contributed by atoms with E-state index in [2.05, 4.69) is 12.2 Å². The van der Waals surface area contributed by atoms with Crippen LogP contribution in [0.5, 0.6) is 11.5 Å². The lowest BCUT2D eigenvalue weighted by molar-refractivity contribution is -0.125. The second-order valence-electron chi connectivity index (χ2n) is 6.14. The first kappa shape index (κ1) is 18.1. The highest BCUT2D eigenvalue weighted by molar-refractivity contribution is 5.95. The number of hydrogen-bond donors (Lipinski definition) is 1. The fraction of sp³-hybridized carbons (Fsp3) is 0.556. The van der Waals surface area contributed by atoms with Crippen molar-refractivity contribution in [3.8, 4) is 11.5 Å². The molecule has 24 heavy (non-hydrogen) atoms. The second-order valence-corrected chi connectivity index (χ2v) is 6.14. The van der Waals surface area contributed by atoms with Crippen LogP contribution in [0.1, 0.15) is 43.0 Å². The molecule has 2 rings (SSSR count). The van der Waals surface area contributed by atoms with E-state index >= 15 is 0 Å². The Morgan fingerprint density at radius 3 is 2.46 bits per heavy atom. The van der Waals surface area contributed by atoms with E-state index in [9.17, 15) is 9.59 Å². The topological polar surface area (TPSA) is 73.9 Å². The third kappa shape index (κ3) is 4.63. The Kier molecular flexibility index (Phi) is 6.46. The molecule has 0 aromatic heterocycles. The van der Waals surface area contributed by atoms with Gasteiger partial charge in [-0.1, -0.05) is 13.0 Å². The molecule has 0 bridgehead atoms. The number of nitrogens with one attached hydrogen (secondary N) is 1. The van der Waals surface area contributed by atoms with Crippen LogP contribution in [-0.4, -0.2) is 38.7 Å². The molecule has 1 saturated carbocycles. The van der Waals surface area contributed by atoms with Crippen molar-refractivity contribution in [3.63, 3.8) is 0 Å². The number of carbonyl (C=O) groups is 2. The standard InChI is InChI=1S/C18H25NO5/c1-12-7-9-13(10-8-12)19-16(20)11-24-18(21)14-5-4-6-15(22-2)17(14)23-3/h4-6,12-13H,7-11H2,1-3H3,(H,19,20). The zero-order valence-corrected chi connectivity index (χ0v) is 14.5. The first-order chi connectivity index (χ1) is 11.5. The molecular weight excluding hydrogens is 310 g/mol. The quantitative estimate of drug-likeness (QED) is 0.809. The Hall–Kier alpha value is -2.24. The van der Waals surface area contributed by atoms with Gasteiger partial charge in [0, 0.05) is 6.04 Å². The van der Waals surface area contributed by atoms with Crippen LogP contribution in [0, 0.1) is 5.92 Å². The molecule has 0 atom stereocenters. The zero-order chi connectivity index (χ0) is 17.5. The van der Waals surface area contributed by atoms with Crippen molar-refractivity contribution in [3.05, 3.63) is 23.8 Å². The van der Waals surface area contributed by atoms with Gasteiger partial charge < -0.3 is 19.5 Å². The Morgan fingerprint density at radius 2 is 1.83 bits per heavy atom. The predicted molar refractivity (Wildman–Crippen MR) is 89.4 cm³/mol. The third-order valence-electron chi connectivity index (χ3n) is 4.34. The molecule has 1 N–H and O–H groups in total. The van der Waals surface area contributed by atoms with E-state index in [-0.39, 0.29) is 24.1 Å².